The third-order valence-corrected chi connectivity index (χ3v) is 4.30. The number of hydrogen-bond donors (Lipinski definition) is 1. The molecule has 1 N–H and O–H groups in total. The van der Waals surface area contributed by atoms with Crippen molar-refractivity contribution in [3.05, 3.63) is 51.5 Å². The van der Waals surface area contributed by atoms with E-state index in [-0.39, 0.29) is 0 Å². The third-order valence-electron chi connectivity index (χ3n) is 2.53. The second-order valence-corrected chi connectivity index (χ2v) is 6.14. The van der Waals surface area contributed by atoms with Crippen molar-refractivity contribution in [2.45, 2.75) is 0 Å². The largest absolute Gasteiger partial charge is 0.329 e. The van der Waals surface area contributed by atoms with Crippen LogP contribution in [0.4, 0.5) is 10.8 Å². The van der Waals surface area contributed by atoms with E-state index in [9.17, 15) is 0 Å². The van der Waals surface area contributed by atoms with Crippen LogP contribution in [0.3, 0.4) is 0 Å². The van der Waals surface area contributed by atoms with Gasteiger partial charge in [0.25, 0.3) is 0 Å². The van der Waals surface area contributed by atoms with E-state index in [4.69, 9.17) is 34.8 Å². The lowest BCUT2D eigenvalue weighted by Crippen LogP contribution is -1.91. The van der Waals surface area contributed by atoms with Gasteiger partial charge in [0, 0.05) is 5.02 Å². The van der Waals surface area contributed by atoms with Crippen LogP contribution in [0.15, 0.2) is 36.4 Å². The van der Waals surface area contributed by atoms with Crippen LogP contribution in [-0.4, -0.2) is 4.98 Å². The second-order valence-electron chi connectivity index (χ2n) is 3.86. The normalized spacial score (nSPS) is 10.9. The van der Waals surface area contributed by atoms with E-state index < -0.39 is 0 Å². The van der Waals surface area contributed by atoms with E-state index >= 15 is 0 Å². The Bertz CT molecular complexity index is 698. The Labute approximate surface area is 128 Å². The standard InChI is InChI=1S/C13H7Cl3N2S/c14-7-5-8(15)12(9(16)6-7)18-13-17-10-3-1-2-4-11(10)19-13/h1-6H,(H,17,18). The summed E-state index contributed by atoms with van der Waals surface area (Å²) in [6.45, 7) is 0. The Morgan fingerprint density at radius 1 is 1.00 bits per heavy atom. The van der Waals surface area contributed by atoms with Gasteiger partial charge in [0.15, 0.2) is 5.13 Å². The molecule has 0 saturated heterocycles. The first kappa shape index (κ1) is 13.0. The molecule has 0 aliphatic heterocycles. The number of aromatic nitrogens is 1. The lowest BCUT2D eigenvalue weighted by Gasteiger charge is -2.07. The van der Waals surface area contributed by atoms with Gasteiger partial charge >= 0.3 is 0 Å². The molecular weight excluding hydrogens is 323 g/mol. The monoisotopic (exact) mass is 328 g/mol. The van der Waals surface area contributed by atoms with Crippen molar-refractivity contribution in [3.8, 4) is 0 Å². The van der Waals surface area contributed by atoms with Gasteiger partial charge in [-0.05, 0) is 24.3 Å². The minimum absolute atomic E-state index is 0.469. The maximum atomic E-state index is 6.13. The van der Waals surface area contributed by atoms with E-state index in [0.29, 0.717) is 20.8 Å². The summed E-state index contributed by atoms with van der Waals surface area (Å²) >= 11 is 19.7. The number of hydrogen-bond acceptors (Lipinski definition) is 3. The van der Waals surface area contributed by atoms with Crippen LogP contribution in [0.1, 0.15) is 0 Å². The van der Waals surface area contributed by atoms with Crippen LogP contribution in [-0.2, 0) is 0 Å². The molecule has 1 aromatic heterocycles. The Morgan fingerprint density at radius 2 is 1.68 bits per heavy atom. The summed E-state index contributed by atoms with van der Waals surface area (Å²) < 4.78 is 1.10. The average molecular weight is 330 g/mol. The smallest absolute Gasteiger partial charge is 0.188 e. The number of nitrogens with zero attached hydrogens (tertiary/aromatic N) is 1. The Kier molecular flexibility index (Phi) is 3.54. The summed E-state index contributed by atoms with van der Waals surface area (Å²) in [6, 6.07) is 11.2. The molecule has 3 aromatic rings. The van der Waals surface area contributed by atoms with Crippen molar-refractivity contribution in [2.75, 3.05) is 5.32 Å². The van der Waals surface area contributed by atoms with Gasteiger partial charge < -0.3 is 5.32 Å². The van der Waals surface area contributed by atoms with Crippen LogP contribution in [0.25, 0.3) is 10.2 Å². The summed E-state index contributed by atoms with van der Waals surface area (Å²) in [5.74, 6) is 0. The highest BCUT2D eigenvalue weighted by molar-refractivity contribution is 7.22. The highest BCUT2D eigenvalue weighted by atomic mass is 35.5. The zero-order valence-electron chi connectivity index (χ0n) is 9.45. The zero-order chi connectivity index (χ0) is 13.4. The molecule has 0 radical (unpaired) electrons. The Balaban J connectivity index is 2.01. The summed E-state index contributed by atoms with van der Waals surface area (Å²) in [5, 5.41) is 5.33. The van der Waals surface area contributed by atoms with E-state index in [2.05, 4.69) is 10.3 Å². The maximum absolute atomic E-state index is 6.13. The predicted molar refractivity (Wildman–Crippen MR) is 84.4 cm³/mol. The molecule has 96 valence electrons. The Morgan fingerprint density at radius 3 is 2.37 bits per heavy atom. The molecule has 0 atom stereocenters. The average Bonchev–Trinajstić information content (AvgIpc) is 2.76. The number of anilines is 2. The first-order valence-electron chi connectivity index (χ1n) is 5.40. The van der Waals surface area contributed by atoms with Crippen LogP contribution in [0.5, 0.6) is 0 Å². The predicted octanol–water partition coefficient (Wildman–Crippen LogP) is 6.00. The lowest BCUT2D eigenvalue weighted by molar-refractivity contribution is 1.44. The molecular formula is C13H7Cl3N2S. The quantitative estimate of drug-likeness (QED) is 0.623. The van der Waals surface area contributed by atoms with E-state index in [1.807, 2.05) is 24.3 Å². The fraction of sp³-hybridized carbons (Fsp3) is 0. The van der Waals surface area contributed by atoms with E-state index in [1.165, 1.54) is 0 Å². The molecule has 0 saturated carbocycles. The SMILES string of the molecule is Clc1cc(Cl)c(Nc2nc3ccccc3s2)c(Cl)c1. The fourth-order valence-corrected chi connectivity index (χ4v) is 3.48. The molecule has 6 heteroatoms. The highest BCUT2D eigenvalue weighted by Gasteiger charge is 2.10. The van der Waals surface area contributed by atoms with Gasteiger partial charge in [-0.15, -0.1) is 0 Å². The number of halogens is 3. The number of fused-ring (bicyclic) bond motifs is 1. The van der Waals surface area contributed by atoms with Crippen LogP contribution >= 0.6 is 46.1 Å². The first-order valence-corrected chi connectivity index (χ1v) is 7.35. The first-order chi connectivity index (χ1) is 9.13. The summed E-state index contributed by atoms with van der Waals surface area (Å²) in [5.41, 5.74) is 1.56. The molecule has 1 heterocycles. The van der Waals surface area contributed by atoms with Crippen LogP contribution in [0, 0.1) is 0 Å². The molecule has 0 aliphatic rings. The van der Waals surface area contributed by atoms with Gasteiger partial charge in [-0.1, -0.05) is 58.3 Å². The molecule has 0 bridgehead atoms. The van der Waals surface area contributed by atoms with Gasteiger partial charge in [0.2, 0.25) is 0 Å². The van der Waals surface area contributed by atoms with E-state index in [0.717, 1.165) is 15.3 Å². The molecule has 2 nitrogen and oxygen atoms in total. The minimum atomic E-state index is 0.469. The highest BCUT2D eigenvalue weighted by Crippen LogP contribution is 2.37. The van der Waals surface area contributed by atoms with E-state index in [1.54, 1.807) is 23.5 Å². The van der Waals surface area contributed by atoms with Crippen molar-refractivity contribution in [1.82, 2.24) is 4.98 Å². The topological polar surface area (TPSA) is 24.9 Å². The molecule has 19 heavy (non-hydrogen) atoms. The molecule has 0 unspecified atom stereocenters. The number of nitrogens with one attached hydrogen (secondary N) is 1. The molecule has 2 aromatic carbocycles. The van der Waals surface area contributed by atoms with Gasteiger partial charge in [-0.2, -0.15) is 0 Å². The van der Waals surface area contributed by atoms with Gasteiger partial charge in [-0.3, -0.25) is 0 Å². The molecule has 3 rings (SSSR count). The third kappa shape index (κ3) is 2.65. The molecule has 0 fully saturated rings. The molecule has 0 aliphatic carbocycles. The zero-order valence-corrected chi connectivity index (χ0v) is 12.5. The second kappa shape index (κ2) is 5.17. The summed E-state index contributed by atoms with van der Waals surface area (Å²) in [6.07, 6.45) is 0. The molecule has 0 amide bonds. The van der Waals surface area contributed by atoms with Gasteiger partial charge in [-0.25, -0.2) is 4.98 Å². The van der Waals surface area contributed by atoms with Crippen molar-refractivity contribution < 1.29 is 0 Å². The van der Waals surface area contributed by atoms with Crippen molar-refractivity contribution >= 4 is 67.2 Å². The van der Waals surface area contributed by atoms with Gasteiger partial charge in [0.1, 0.15) is 0 Å². The number of rotatable bonds is 2. The van der Waals surface area contributed by atoms with Crippen molar-refractivity contribution in [1.29, 1.82) is 0 Å². The number of thiazole rings is 1. The maximum Gasteiger partial charge on any atom is 0.188 e. The van der Waals surface area contributed by atoms with Crippen molar-refractivity contribution in [2.24, 2.45) is 0 Å². The van der Waals surface area contributed by atoms with Crippen molar-refractivity contribution in [3.63, 3.8) is 0 Å². The van der Waals surface area contributed by atoms with Crippen LogP contribution < -0.4 is 5.32 Å². The van der Waals surface area contributed by atoms with Crippen LogP contribution in [0.2, 0.25) is 15.1 Å². The number of benzene rings is 2. The van der Waals surface area contributed by atoms with Gasteiger partial charge in [0.05, 0.1) is 25.9 Å². The lowest BCUT2D eigenvalue weighted by atomic mass is 10.3. The summed E-state index contributed by atoms with van der Waals surface area (Å²) in [7, 11) is 0. The fourth-order valence-electron chi connectivity index (χ4n) is 1.69. The number of para-hydroxylation sites is 1. The Hall–Kier alpha value is -1.00. The minimum Gasteiger partial charge on any atom is -0.329 e. The summed E-state index contributed by atoms with van der Waals surface area (Å²) in [4.78, 5) is 4.47. The molecule has 0 spiro atoms.